The lowest BCUT2D eigenvalue weighted by atomic mass is 9.94. The van der Waals surface area contributed by atoms with Gasteiger partial charge in [0.25, 0.3) is 0 Å². The average molecular weight is 223 g/mol. The molecular weight excluding hydrogens is 202 g/mol. The minimum Gasteiger partial charge on any atom is -0.317 e. The minimum absolute atomic E-state index is 0.315. The molecule has 1 saturated heterocycles. The number of rotatable bonds is 1. The van der Waals surface area contributed by atoms with Gasteiger partial charge in [-0.3, -0.25) is 0 Å². The van der Waals surface area contributed by atoms with E-state index in [0.717, 1.165) is 5.92 Å². The van der Waals surface area contributed by atoms with Gasteiger partial charge in [0.1, 0.15) is 0 Å². The van der Waals surface area contributed by atoms with Crippen molar-refractivity contribution in [3.05, 3.63) is 21.9 Å². The summed E-state index contributed by atoms with van der Waals surface area (Å²) >= 11 is 2.02. The quantitative estimate of drug-likeness (QED) is 0.768. The fourth-order valence-corrected chi connectivity index (χ4v) is 3.32. The van der Waals surface area contributed by atoms with E-state index >= 15 is 0 Å². The number of thiophene rings is 1. The van der Waals surface area contributed by atoms with E-state index in [1.165, 1.54) is 30.8 Å². The molecule has 0 amide bonds. The Hall–Kier alpha value is -0.340. The molecular formula is C13H21NS. The summed E-state index contributed by atoms with van der Waals surface area (Å²) in [5.74, 6) is 0.812. The van der Waals surface area contributed by atoms with Crippen molar-refractivity contribution in [3.8, 4) is 0 Å². The summed E-state index contributed by atoms with van der Waals surface area (Å²) in [5, 5.41) is 3.43. The Morgan fingerprint density at radius 3 is 2.40 bits per heavy atom. The molecule has 15 heavy (non-hydrogen) atoms. The second-order valence-corrected chi connectivity index (χ2v) is 6.59. The van der Waals surface area contributed by atoms with E-state index in [0.29, 0.717) is 5.41 Å². The summed E-state index contributed by atoms with van der Waals surface area (Å²) in [5.41, 5.74) is 0.315. The monoisotopic (exact) mass is 223 g/mol. The number of hydrogen-bond acceptors (Lipinski definition) is 2. The second kappa shape index (κ2) is 4.26. The van der Waals surface area contributed by atoms with Gasteiger partial charge in [0.05, 0.1) is 0 Å². The smallest absolute Gasteiger partial charge is 0.0102 e. The third kappa shape index (κ3) is 2.61. The topological polar surface area (TPSA) is 12.0 Å². The molecule has 2 rings (SSSR count). The summed E-state index contributed by atoms with van der Waals surface area (Å²) < 4.78 is 0. The molecule has 1 nitrogen and oxygen atoms in total. The van der Waals surface area contributed by atoms with E-state index in [4.69, 9.17) is 0 Å². The number of hydrogen-bond donors (Lipinski definition) is 1. The maximum absolute atomic E-state index is 3.43. The first-order valence-corrected chi connectivity index (χ1v) is 6.70. The van der Waals surface area contributed by atoms with E-state index in [-0.39, 0.29) is 0 Å². The van der Waals surface area contributed by atoms with Crippen molar-refractivity contribution in [2.75, 3.05) is 13.1 Å². The van der Waals surface area contributed by atoms with Crippen LogP contribution in [-0.4, -0.2) is 13.1 Å². The Labute approximate surface area is 96.9 Å². The largest absolute Gasteiger partial charge is 0.317 e. The normalized spacial score (nSPS) is 19.4. The molecule has 0 bridgehead atoms. The van der Waals surface area contributed by atoms with Crippen LogP contribution in [0, 0.1) is 0 Å². The molecule has 2 heterocycles. The Bertz CT molecular complexity index is 316. The summed E-state index contributed by atoms with van der Waals surface area (Å²) in [6, 6.07) is 4.67. The zero-order valence-corrected chi connectivity index (χ0v) is 10.8. The van der Waals surface area contributed by atoms with Crippen LogP contribution in [0.3, 0.4) is 0 Å². The molecule has 1 aliphatic rings. The summed E-state index contributed by atoms with van der Waals surface area (Å²) in [6.07, 6.45) is 2.62. The van der Waals surface area contributed by atoms with Crippen LogP contribution in [0.1, 0.15) is 49.3 Å². The van der Waals surface area contributed by atoms with Crippen molar-refractivity contribution >= 4 is 11.3 Å². The SMILES string of the molecule is CC(C)(C)c1ccc(C2CCNCC2)s1. The minimum atomic E-state index is 0.315. The maximum atomic E-state index is 3.43. The summed E-state index contributed by atoms with van der Waals surface area (Å²) in [6.45, 7) is 9.27. The van der Waals surface area contributed by atoms with E-state index in [1.807, 2.05) is 11.3 Å². The molecule has 0 spiro atoms. The predicted molar refractivity (Wildman–Crippen MR) is 67.9 cm³/mol. The van der Waals surface area contributed by atoms with Crippen LogP contribution in [0.15, 0.2) is 12.1 Å². The van der Waals surface area contributed by atoms with Gasteiger partial charge < -0.3 is 5.32 Å². The predicted octanol–water partition coefficient (Wildman–Crippen LogP) is 3.51. The van der Waals surface area contributed by atoms with Crippen molar-refractivity contribution in [2.45, 2.75) is 44.9 Å². The lowest BCUT2D eigenvalue weighted by Gasteiger charge is -2.21. The lowest BCUT2D eigenvalue weighted by molar-refractivity contribution is 0.465. The molecule has 1 aliphatic heterocycles. The fourth-order valence-electron chi connectivity index (χ4n) is 2.08. The van der Waals surface area contributed by atoms with Gasteiger partial charge >= 0.3 is 0 Å². The number of nitrogens with one attached hydrogen (secondary N) is 1. The zero-order chi connectivity index (χ0) is 10.9. The molecule has 2 heteroatoms. The fraction of sp³-hybridized carbons (Fsp3) is 0.692. The molecule has 0 atom stereocenters. The molecule has 0 saturated carbocycles. The highest BCUT2D eigenvalue weighted by Gasteiger charge is 2.20. The maximum Gasteiger partial charge on any atom is 0.0102 e. The number of piperidine rings is 1. The van der Waals surface area contributed by atoms with Gasteiger partial charge in [-0.15, -0.1) is 11.3 Å². The van der Waals surface area contributed by atoms with Crippen LogP contribution in [-0.2, 0) is 5.41 Å². The van der Waals surface area contributed by atoms with Gasteiger partial charge in [0.2, 0.25) is 0 Å². The van der Waals surface area contributed by atoms with Crippen molar-refractivity contribution in [1.29, 1.82) is 0 Å². The Morgan fingerprint density at radius 1 is 1.20 bits per heavy atom. The van der Waals surface area contributed by atoms with Crippen molar-refractivity contribution in [1.82, 2.24) is 5.32 Å². The lowest BCUT2D eigenvalue weighted by Crippen LogP contribution is -2.26. The van der Waals surface area contributed by atoms with Gasteiger partial charge in [0.15, 0.2) is 0 Å². The van der Waals surface area contributed by atoms with Gasteiger partial charge in [-0.05, 0) is 49.4 Å². The average Bonchev–Trinajstić information content (AvgIpc) is 2.67. The summed E-state index contributed by atoms with van der Waals surface area (Å²) in [4.78, 5) is 3.12. The van der Waals surface area contributed by atoms with Gasteiger partial charge in [-0.2, -0.15) is 0 Å². The molecule has 0 radical (unpaired) electrons. The molecule has 1 N–H and O–H groups in total. The van der Waals surface area contributed by atoms with Crippen LogP contribution in [0.25, 0.3) is 0 Å². The summed E-state index contributed by atoms with van der Waals surface area (Å²) in [7, 11) is 0. The van der Waals surface area contributed by atoms with Crippen LogP contribution >= 0.6 is 11.3 Å². The third-order valence-electron chi connectivity index (χ3n) is 3.11. The van der Waals surface area contributed by atoms with E-state index in [1.54, 1.807) is 4.88 Å². The first kappa shape index (κ1) is 11.2. The van der Waals surface area contributed by atoms with Crippen molar-refractivity contribution in [3.63, 3.8) is 0 Å². The highest BCUT2D eigenvalue weighted by Crippen LogP contribution is 2.35. The third-order valence-corrected chi connectivity index (χ3v) is 4.78. The van der Waals surface area contributed by atoms with Crippen LogP contribution in [0.4, 0.5) is 0 Å². The first-order chi connectivity index (χ1) is 7.07. The highest BCUT2D eigenvalue weighted by molar-refractivity contribution is 7.12. The van der Waals surface area contributed by atoms with Gasteiger partial charge in [-0.1, -0.05) is 20.8 Å². The van der Waals surface area contributed by atoms with E-state index in [2.05, 4.69) is 38.2 Å². The Kier molecular flexibility index (Phi) is 3.17. The molecule has 1 fully saturated rings. The van der Waals surface area contributed by atoms with Crippen molar-refractivity contribution < 1.29 is 0 Å². The molecule has 1 aromatic heterocycles. The molecule has 84 valence electrons. The van der Waals surface area contributed by atoms with Gasteiger partial charge in [-0.25, -0.2) is 0 Å². The van der Waals surface area contributed by atoms with E-state index < -0.39 is 0 Å². The Balaban J connectivity index is 2.12. The van der Waals surface area contributed by atoms with Crippen molar-refractivity contribution in [2.24, 2.45) is 0 Å². The van der Waals surface area contributed by atoms with Crippen LogP contribution in [0.5, 0.6) is 0 Å². The molecule has 0 unspecified atom stereocenters. The standard InChI is InChI=1S/C13H21NS/c1-13(2,3)12-5-4-11(15-12)10-6-8-14-9-7-10/h4-5,10,14H,6-9H2,1-3H3. The molecule has 0 aromatic carbocycles. The first-order valence-electron chi connectivity index (χ1n) is 5.88. The van der Waals surface area contributed by atoms with Gasteiger partial charge in [0, 0.05) is 9.75 Å². The van der Waals surface area contributed by atoms with Crippen LogP contribution < -0.4 is 5.32 Å². The Morgan fingerprint density at radius 2 is 1.87 bits per heavy atom. The highest BCUT2D eigenvalue weighted by atomic mass is 32.1. The second-order valence-electron chi connectivity index (χ2n) is 5.48. The van der Waals surface area contributed by atoms with E-state index in [9.17, 15) is 0 Å². The molecule has 0 aliphatic carbocycles. The zero-order valence-electron chi connectivity index (χ0n) is 9.97. The van der Waals surface area contributed by atoms with Crippen LogP contribution in [0.2, 0.25) is 0 Å². The molecule has 1 aromatic rings.